The van der Waals surface area contributed by atoms with Gasteiger partial charge in [0.1, 0.15) is 5.82 Å². The van der Waals surface area contributed by atoms with Crippen molar-refractivity contribution < 1.29 is 4.79 Å². The first kappa shape index (κ1) is 18.6. The van der Waals surface area contributed by atoms with Gasteiger partial charge in [-0.2, -0.15) is 0 Å². The molecule has 1 N–H and O–H groups in total. The number of nitrogens with one attached hydrogen (secondary N) is 1. The van der Waals surface area contributed by atoms with Gasteiger partial charge >= 0.3 is 0 Å². The quantitative estimate of drug-likeness (QED) is 0.865. The third-order valence-electron chi connectivity index (χ3n) is 4.98. The third kappa shape index (κ3) is 4.30. The number of rotatable bonds is 6. The standard InChI is InChI=1S/C20H29N5O/c1-4-18(26)21-19(15(2)3)20-23-22-17-10-11-24(12-13-25(17)20)14-16-8-6-5-7-9-16/h5-9,15,19H,4,10-14H2,1-3H3,(H,21,26). The molecule has 1 amide bonds. The summed E-state index contributed by atoms with van der Waals surface area (Å²) in [6, 6.07) is 10.5. The number of hydrogen-bond donors (Lipinski definition) is 1. The summed E-state index contributed by atoms with van der Waals surface area (Å²) < 4.78 is 2.21. The second kappa shape index (κ2) is 8.45. The Morgan fingerprint density at radius 2 is 1.92 bits per heavy atom. The van der Waals surface area contributed by atoms with Crippen molar-refractivity contribution in [2.45, 2.75) is 52.7 Å². The summed E-state index contributed by atoms with van der Waals surface area (Å²) in [7, 11) is 0. The topological polar surface area (TPSA) is 63.1 Å². The fraction of sp³-hybridized carbons (Fsp3) is 0.550. The number of nitrogens with zero attached hydrogens (tertiary/aromatic N) is 4. The van der Waals surface area contributed by atoms with Gasteiger partial charge in [-0.05, 0) is 11.5 Å². The van der Waals surface area contributed by atoms with Crippen molar-refractivity contribution >= 4 is 5.91 Å². The molecule has 6 nitrogen and oxygen atoms in total. The van der Waals surface area contributed by atoms with Crippen LogP contribution in [0.15, 0.2) is 30.3 Å². The van der Waals surface area contributed by atoms with Crippen molar-refractivity contribution in [3.8, 4) is 0 Å². The molecule has 0 saturated heterocycles. The third-order valence-corrected chi connectivity index (χ3v) is 4.98. The van der Waals surface area contributed by atoms with Crippen LogP contribution in [-0.2, 0) is 24.3 Å². The summed E-state index contributed by atoms with van der Waals surface area (Å²) in [5.41, 5.74) is 1.33. The zero-order valence-corrected chi connectivity index (χ0v) is 16.0. The van der Waals surface area contributed by atoms with Crippen LogP contribution in [0.3, 0.4) is 0 Å². The Bertz CT molecular complexity index is 725. The Morgan fingerprint density at radius 3 is 2.62 bits per heavy atom. The van der Waals surface area contributed by atoms with E-state index in [2.05, 4.69) is 69.2 Å². The highest BCUT2D eigenvalue weighted by atomic mass is 16.1. The molecule has 0 radical (unpaired) electrons. The highest BCUT2D eigenvalue weighted by Crippen LogP contribution is 2.23. The Labute approximate surface area is 155 Å². The fourth-order valence-corrected chi connectivity index (χ4v) is 3.42. The molecular weight excluding hydrogens is 326 g/mol. The second-order valence-electron chi connectivity index (χ2n) is 7.28. The molecule has 2 aromatic rings. The van der Waals surface area contributed by atoms with E-state index in [9.17, 15) is 4.79 Å². The number of carbonyl (C=O) groups is 1. The van der Waals surface area contributed by atoms with Gasteiger partial charge in [0.25, 0.3) is 0 Å². The zero-order chi connectivity index (χ0) is 18.5. The van der Waals surface area contributed by atoms with Gasteiger partial charge in [-0.25, -0.2) is 0 Å². The number of hydrogen-bond acceptors (Lipinski definition) is 4. The molecule has 1 aromatic heterocycles. The van der Waals surface area contributed by atoms with Crippen LogP contribution in [0.4, 0.5) is 0 Å². The molecule has 1 aliphatic rings. The highest BCUT2D eigenvalue weighted by Gasteiger charge is 2.27. The molecule has 6 heteroatoms. The van der Waals surface area contributed by atoms with Gasteiger partial charge in [0.15, 0.2) is 5.82 Å². The molecule has 1 atom stereocenters. The summed E-state index contributed by atoms with van der Waals surface area (Å²) in [6.45, 7) is 9.84. The minimum absolute atomic E-state index is 0.0559. The van der Waals surface area contributed by atoms with Gasteiger partial charge in [0.05, 0.1) is 6.04 Å². The van der Waals surface area contributed by atoms with Gasteiger partial charge < -0.3 is 9.88 Å². The Morgan fingerprint density at radius 1 is 1.15 bits per heavy atom. The van der Waals surface area contributed by atoms with Crippen LogP contribution in [0.1, 0.15) is 50.4 Å². The molecule has 1 aliphatic heterocycles. The number of amides is 1. The average molecular weight is 355 g/mol. The molecular formula is C20H29N5O. The zero-order valence-electron chi connectivity index (χ0n) is 16.0. The van der Waals surface area contributed by atoms with Crippen LogP contribution in [-0.4, -0.2) is 38.7 Å². The van der Waals surface area contributed by atoms with Gasteiger partial charge in [0.2, 0.25) is 5.91 Å². The van der Waals surface area contributed by atoms with Crippen LogP contribution in [0, 0.1) is 5.92 Å². The first-order chi connectivity index (χ1) is 12.6. The summed E-state index contributed by atoms with van der Waals surface area (Å²) in [5.74, 6) is 2.23. The molecule has 26 heavy (non-hydrogen) atoms. The Kier molecular flexibility index (Phi) is 6.04. The van der Waals surface area contributed by atoms with E-state index in [1.165, 1.54) is 5.56 Å². The number of benzene rings is 1. The van der Waals surface area contributed by atoms with Gasteiger partial charge in [-0.15, -0.1) is 10.2 Å². The van der Waals surface area contributed by atoms with Crippen molar-refractivity contribution in [2.24, 2.45) is 5.92 Å². The maximum Gasteiger partial charge on any atom is 0.220 e. The average Bonchev–Trinajstić information content (AvgIpc) is 2.94. The first-order valence-electron chi connectivity index (χ1n) is 9.56. The second-order valence-corrected chi connectivity index (χ2v) is 7.28. The van der Waals surface area contributed by atoms with Crippen LogP contribution >= 0.6 is 0 Å². The molecule has 0 spiro atoms. The van der Waals surface area contributed by atoms with E-state index in [1.54, 1.807) is 0 Å². The summed E-state index contributed by atoms with van der Waals surface area (Å²) >= 11 is 0. The molecule has 0 aliphatic carbocycles. The van der Waals surface area contributed by atoms with E-state index in [1.807, 2.05) is 6.92 Å². The fourth-order valence-electron chi connectivity index (χ4n) is 3.42. The molecule has 2 heterocycles. The molecule has 1 unspecified atom stereocenters. The van der Waals surface area contributed by atoms with Gasteiger partial charge in [0, 0.05) is 39.0 Å². The lowest BCUT2D eigenvalue weighted by molar-refractivity contribution is -0.121. The molecule has 0 bridgehead atoms. The first-order valence-corrected chi connectivity index (χ1v) is 9.56. The SMILES string of the molecule is CCC(=O)NC(c1nnc2n1CCN(Cc1ccccc1)CC2)C(C)C. The van der Waals surface area contributed by atoms with E-state index in [4.69, 9.17) is 0 Å². The van der Waals surface area contributed by atoms with Crippen LogP contribution in [0.25, 0.3) is 0 Å². The minimum atomic E-state index is -0.0932. The van der Waals surface area contributed by atoms with Gasteiger partial charge in [-0.3, -0.25) is 9.69 Å². The summed E-state index contributed by atoms with van der Waals surface area (Å²) in [4.78, 5) is 14.4. The smallest absolute Gasteiger partial charge is 0.220 e. The molecule has 140 valence electrons. The van der Waals surface area contributed by atoms with Crippen molar-refractivity contribution in [1.29, 1.82) is 0 Å². The van der Waals surface area contributed by atoms with Crippen LogP contribution in [0.2, 0.25) is 0 Å². The predicted molar refractivity (Wildman–Crippen MR) is 101 cm³/mol. The van der Waals surface area contributed by atoms with Gasteiger partial charge in [-0.1, -0.05) is 51.1 Å². The van der Waals surface area contributed by atoms with Crippen molar-refractivity contribution in [2.75, 3.05) is 13.1 Å². The van der Waals surface area contributed by atoms with E-state index < -0.39 is 0 Å². The molecule has 0 saturated carbocycles. The lowest BCUT2D eigenvalue weighted by Crippen LogP contribution is -2.34. The van der Waals surface area contributed by atoms with Crippen molar-refractivity contribution in [3.63, 3.8) is 0 Å². The summed E-state index contributed by atoms with van der Waals surface area (Å²) in [5, 5.41) is 12.0. The number of fused-ring (bicyclic) bond motifs is 1. The largest absolute Gasteiger partial charge is 0.346 e. The minimum Gasteiger partial charge on any atom is -0.346 e. The lowest BCUT2D eigenvalue weighted by atomic mass is 10.0. The Hall–Kier alpha value is -2.21. The van der Waals surface area contributed by atoms with E-state index >= 15 is 0 Å². The number of carbonyl (C=O) groups excluding carboxylic acids is 1. The molecule has 3 rings (SSSR count). The highest BCUT2D eigenvalue weighted by molar-refractivity contribution is 5.75. The lowest BCUT2D eigenvalue weighted by Gasteiger charge is -2.23. The van der Waals surface area contributed by atoms with Crippen LogP contribution < -0.4 is 5.32 Å². The van der Waals surface area contributed by atoms with E-state index in [0.29, 0.717) is 6.42 Å². The molecule has 1 aromatic carbocycles. The van der Waals surface area contributed by atoms with E-state index in [0.717, 1.165) is 44.2 Å². The van der Waals surface area contributed by atoms with E-state index in [-0.39, 0.29) is 17.9 Å². The molecule has 0 fully saturated rings. The predicted octanol–water partition coefficient (Wildman–Crippen LogP) is 2.56. The Balaban J connectivity index is 1.73. The maximum atomic E-state index is 11.9. The summed E-state index contributed by atoms with van der Waals surface area (Å²) in [6.07, 6.45) is 1.36. The van der Waals surface area contributed by atoms with Crippen LogP contribution in [0.5, 0.6) is 0 Å². The number of aromatic nitrogens is 3. The van der Waals surface area contributed by atoms with Crippen molar-refractivity contribution in [1.82, 2.24) is 25.0 Å². The monoisotopic (exact) mass is 355 g/mol. The van der Waals surface area contributed by atoms with Crippen molar-refractivity contribution in [3.05, 3.63) is 47.5 Å². The normalized spacial score (nSPS) is 16.2. The maximum absolute atomic E-state index is 11.9.